The SMILES string of the molecule is CC(C)S(=O)(=O)NC(=O)C(N)Cc1ccc(O)cc1. The Morgan fingerprint density at radius 1 is 1.32 bits per heavy atom. The van der Waals surface area contributed by atoms with E-state index in [0.717, 1.165) is 5.56 Å². The molecule has 7 heteroatoms. The van der Waals surface area contributed by atoms with Gasteiger partial charge in [-0.1, -0.05) is 12.1 Å². The van der Waals surface area contributed by atoms with Gasteiger partial charge in [0.2, 0.25) is 10.0 Å². The predicted octanol–water partition coefficient (Wildman–Crippen LogP) is 0.116. The first kappa shape index (κ1) is 15.5. The lowest BCUT2D eigenvalue weighted by Crippen LogP contribution is -2.46. The van der Waals surface area contributed by atoms with Crippen molar-refractivity contribution in [1.29, 1.82) is 0 Å². The quantitative estimate of drug-likeness (QED) is 0.712. The average molecular weight is 286 g/mol. The van der Waals surface area contributed by atoms with Crippen LogP contribution in [0, 0.1) is 0 Å². The van der Waals surface area contributed by atoms with Crippen LogP contribution in [-0.4, -0.2) is 30.7 Å². The predicted molar refractivity (Wildman–Crippen MR) is 72.0 cm³/mol. The Bertz CT molecular complexity index is 537. The van der Waals surface area contributed by atoms with Crippen molar-refractivity contribution in [2.45, 2.75) is 31.6 Å². The normalized spacial score (nSPS) is 13.3. The summed E-state index contributed by atoms with van der Waals surface area (Å²) >= 11 is 0. The zero-order valence-electron chi connectivity index (χ0n) is 10.8. The third kappa shape index (κ3) is 4.53. The third-order valence-electron chi connectivity index (χ3n) is 2.59. The minimum absolute atomic E-state index is 0.115. The van der Waals surface area contributed by atoms with E-state index in [0.29, 0.717) is 0 Å². The second-order valence-corrected chi connectivity index (χ2v) is 6.77. The monoisotopic (exact) mass is 286 g/mol. The van der Waals surface area contributed by atoms with Crippen LogP contribution in [0.5, 0.6) is 5.75 Å². The highest BCUT2D eigenvalue weighted by molar-refractivity contribution is 7.90. The molecule has 0 aromatic heterocycles. The van der Waals surface area contributed by atoms with Gasteiger partial charge < -0.3 is 10.8 Å². The van der Waals surface area contributed by atoms with Gasteiger partial charge in [-0.05, 0) is 38.0 Å². The van der Waals surface area contributed by atoms with Crippen LogP contribution in [0.25, 0.3) is 0 Å². The highest BCUT2D eigenvalue weighted by Gasteiger charge is 2.23. The summed E-state index contributed by atoms with van der Waals surface area (Å²) in [4.78, 5) is 11.7. The van der Waals surface area contributed by atoms with Gasteiger partial charge in [0.1, 0.15) is 5.75 Å². The molecule has 0 aliphatic rings. The fourth-order valence-corrected chi connectivity index (χ4v) is 1.98. The number of phenols is 1. The number of aromatic hydroxyl groups is 1. The molecule has 0 bridgehead atoms. The lowest BCUT2D eigenvalue weighted by molar-refractivity contribution is -0.120. The van der Waals surface area contributed by atoms with Crippen molar-refractivity contribution < 1.29 is 18.3 Å². The number of nitrogens with two attached hydrogens (primary N) is 1. The van der Waals surface area contributed by atoms with E-state index >= 15 is 0 Å². The molecule has 4 N–H and O–H groups in total. The minimum Gasteiger partial charge on any atom is -0.508 e. The molecule has 106 valence electrons. The van der Waals surface area contributed by atoms with E-state index in [4.69, 9.17) is 10.8 Å². The Morgan fingerprint density at radius 2 is 1.84 bits per heavy atom. The maximum absolute atomic E-state index is 11.7. The van der Waals surface area contributed by atoms with Crippen LogP contribution in [0.15, 0.2) is 24.3 Å². The number of sulfonamides is 1. The van der Waals surface area contributed by atoms with Gasteiger partial charge in [-0.3, -0.25) is 9.52 Å². The van der Waals surface area contributed by atoms with E-state index in [1.54, 1.807) is 12.1 Å². The lowest BCUT2D eigenvalue weighted by Gasteiger charge is -2.14. The highest BCUT2D eigenvalue weighted by Crippen LogP contribution is 2.11. The van der Waals surface area contributed by atoms with Crippen LogP contribution in [-0.2, 0) is 21.2 Å². The standard InChI is InChI=1S/C12H18N2O4S/c1-8(2)19(17,18)14-12(16)11(13)7-9-3-5-10(15)6-4-9/h3-6,8,11,15H,7,13H2,1-2H3,(H,14,16). The smallest absolute Gasteiger partial charge is 0.250 e. The van der Waals surface area contributed by atoms with Gasteiger partial charge in [-0.15, -0.1) is 0 Å². The molecule has 1 aromatic carbocycles. The van der Waals surface area contributed by atoms with Crippen molar-refractivity contribution in [3.05, 3.63) is 29.8 Å². The fraction of sp³-hybridized carbons (Fsp3) is 0.417. The number of phenolic OH excluding ortho intramolecular Hbond substituents is 1. The number of carbonyl (C=O) groups is 1. The second-order valence-electron chi connectivity index (χ2n) is 4.54. The van der Waals surface area contributed by atoms with Crippen LogP contribution < -0.4 is 10.5 Å². The molecule has 1 unspecified atom stereocenters. The van der Waals surface area contributed by atoms with Gasteiger partial charge in [-0.2, -0.15) is 0 Å². The van der Waals surface area contributed by atoms with Crippen LogP contribution in [0.3, 0.4) is 0 Å². The number of rotatable bonds is 5. The topological polar surface area (TPSA) is 109 Å². The van der Waals surface area contributed by atoms with Crippen molar-refractivity contribution >= 4 is 15.9 Å². The molecule has 0 heterocycles. The van der Waals surface area contributed by atoms with Gasteiger partial charge in [0.25, 0.3) is 5.91 Å². The van der Waals surface area contributed by atoms with Gasteiger partial charge in [0.05, 0.1) is 11.3 Å². The molecule has 0 saturated heterocycles. The average Bonchev–Trinajstić information content (AvgIpc) is 2.31. The number of nitrogens with one attached hydrogen (secondary N) is 1. The van der Waals surface area contributed by atoms with Crippen molar-refractivity contribution in [2.75, 3.05) is 0 Å². The van der Waals surface area contributed by atoms with Gasteiger partial charge >= 0.3 is 0 Å². The van der Waals surface area contributed by atoms with Gasteiger partial charge in [0.15, 0.2) is 0 Å². The maximum atomic E-state index is 11.7. The van der Waals surface area contributed by atoms with E-state index in [1.165, 1.54) is 26.0 Å². The van der Waals surface area contributed by atoms with Gasteiger partial charge in [0, 0.05) is 0 Å². The molecule has 0 spiro atoms. The summed E-state index contributed by atoms with van der Waals surface area (Å²) in [5.41, 5.74) is 6.39. The molecule has 0 fully saturated rings. The molecule has 0 radical (unpaired) electrons. The summed E-state index contributed by atoms with van der Waals surface area (Å²) in [6.07, 6.45) is 0.194. The summed E-state index contributed by atoms with van der Waals surface area (Å²) < 4.78 is 25.0. The molecule has 19 heavy (non-hydrogen) atoms. The number of hydrogen-bond acceptors (Lipinski definition) is 5. The van der Waals surface area contributed by atoms with Crippen LogP contribution in [0.1, 0.15) is 19.4 Å². The molecule has 0 saturated carbocycles. The Kier molecular flexibility index (Phi) is 4.90. The first-order valence-electron chi connectivity index (χ1n) is 5.81. The second kappa shape index (κ2) is 6.03. The first-order valence-corrected chi connectivity index (χ1v) is 7.36. The van der Waals surface area contributed by atoms with Crippen molar-refractivity contribution in [3.63, 3.8) is 0 Å². The third-order valence-corrected chi connectivity index (χ3v) is 4.32. The Hall–Kier alpha value is -1.60. The van der Waals surface area contributed by atoms with Crippen molar-refractivity contribution in [3.8, 4) is 5.75 Å². The molecule has 6 nitrogen and oxygen atoms in total. The zero-order chi connectivity index (χ0) is 14.6. The maximum Gasteiger partial charge on any atom is 0.250 e. The summed E-state index contributed by atoms with van der Waals surface area (Å²) in [6, 6.07) is 5.24. The molecule has 1 aromatic rings. The number of carbonyl (C=O) groups excluding carboxylic acids is 1. The molecule has 1 rings (SSSR count). The van der Waals surface area contributed by atoms with Crippen molar-refractivity contribution in [1.82, 2.24) is 4.72 Å². The molecule has 0 aliphatic carbocycles. The Balaban J connectivity index is 2.66. The van der Waals surface area contributed by atoms with Gasteiger partial charge in [-0.25, -0.2) is 8.42 Å². The summed E-state index contributed by atoms with van der Waals surface area (Å²) in [6.45, 7) is 2.95. The summed E-state index contributed by atoms with van der Waals surface area (Å²) in [5, 5.41) is 8.43. The Labute approximate surface area is 112 Å². The fourth-order valence-electron chi connectivity index (χ4n) is 1.31. The summed E-state index contributed by atoms with van der Waals surface area (Å²) in [5.74, 6) is -0.620. The number of benzene rings is 1. The van der Waals surface area contributed by atoms with E-state index in [1.807, 2.05) is 4.72 Å². The van der Waals surface area contributed by atoms with Crippen molar-refractivity contribution in [2.24, 2.45) is 5.73 Å². The molecular weight excluding hydrogens is 268 g/mol. The molecule has 0 aliphatic heterocycles. The Morgan fingerprint density at radius 3 is 2.32 bits per heavy atom. The highest BCUT2D eigenvalue weighted by atomic mass is 32.2. The molecular formula is C12H18N2O4S. The van der Waals surface area contributed by atoms with E-state index < -0.39 is 27.2 Å². The van der Waals surface area contributed by atoms with E-state index in [9.17, 15) is 13.2 Å². The summed E-state index contributed by atoms with van der Waals surface area (Å²) in [7, 11) is -3.66. The lowest BCUT2D eigenvalue weighted by atomic mass is 10.1. The zero-order valence-corrected chi connectivity index (χ0v) is 11.6. The van der Waals surface area contributed by atoms with Crippen LogP contribution in [0.2, 0.25) is 0 Å². The van der Waals surface area contributed by atoms with Crippen LogP contribution in [0.4, 0.5) is 0 Å². The minimum atomic E-state index is -3.66. The van der Waals surface area contributed by atoms with E-state index in [2.05, 4.69) is 0 Å². The number of hydrogen-bond donors (Lipinski definition) is 3. The first-order chi connectivity index (χ1) is 8.72. The molecule has 1 atom stereocenters. The molecule has 1 amide bonds. The largest absolute Gasteiger partial charge is 0.508 e. The number of amides is 1. The van der Waals surface area contributed by atoms with Crippen LogP contribution >= 0.6 is 0 Å². The van der Waals surface area contributed by atoms with E-state index in [-0.39, 0.29) is 12.2 Å².